The van der Waals surface area contributed by atoms with Gasteiger partial charge in [0, 0.05) is 43.9 Å². The minimum Gasteiger partial charge on any atom is -0.344 e. The molecule has 56 heavy (non-hydrogen) atoms. The maximum Gasteiger partial charge on any atom is 0.159 e. The molecular weight excluding hydrogens is 683 g/mol. The Balaban J connectivity index is 1.13. The van der Waals surface area contributed by atoms with Crippen molar-refractivity contribution in [2.24, 2.45) is 9.98 Å². The van der Waals surface area contributed by atoms with E-state index < -0.39 is 0 Å². The van der Waals surface area contributed by atoms with E-state index in [1.165, 1.54) is 43.7 Å². The van der Waals surface area contributed by atoms with Crippen molar-refractivity contribution >= 4 is 55.3 Å². The Morgan fingerprint density at radius 1 is 0.393 bits per heavy atom. The number of para-hydroxylation sites is 3. The summed E-state index contributed by atoms with van der Waals surface area (Å²) < 4.78 is 4.84. The molecule has 0 saturated carbocycles. The molecule has 5 nitrogen and oxygen atoms in total. The van der Waals surface area contributed by atoms with Crippen LogP contribution in [0.4, 0.5) is 0 Å². The number of hydrogen-bond acceptors (Lipinski definition) is 3. The maximum absolute atomic E-state index is 5.29. The van der Waals surface area contributed by atoms with Crippen LogP contribution in [0.5, 0.6) is 0 Å². The zero-order chi connectivity index (χ0) is 37.0. The fraction of sp³-hybridized carbons (Fsp3) is 0.0196. The molecule has 1 aliphatic rings. The predicted molar refractivity (Wildman–Crippen MR) is 232 cm³/mol. The van der Waals surface area contributed by atoms with Gasteiger partial charge in [-0.1, -0.05) is 164 Å². The fourth-order valence-corrected chi connectivity index (χ4v) is 8.41. The van der Waals surface area contributed by atoms with Gasteiger partial charge in [-0.3, -0.25) is 0 Å². The third-order valence-electron chi connectivity index (χ3n) is 11.0. The minimum atomic E-state index is -0.387. The number of aliphatic imine (C=N–C) groups is 2. The summed E-state index contributed by atoms with van der Waals surface area (Å²) in [7, 11) is 0. The van der Waals surface area contributed by atoms with E-state index in [0.29, 0.717) is 5.84 Å². The van der Waals surface area contributed by atoms with Gasteiger partial charge in [-0.25, -0.2) is 9.98 Å². The molecule has 10 aromatic rings. The first-order chi connectivity index (χ1) is 27.8. The van der Waals surface area contributed by atoms with E-state index in [4.69, 9.17) is 9.98 Å². The van der Waals surface area contributed by atoms with E-state index in [9.17, 15) is 0 Å². The molecule has 1 unspecified atom stereocenters. The standard InChI is InChI=1S/C51H35N5/c1-4-16-34(17-5-1)37-28-30-41-39-22-10-13-25-44(39)55(47(41)32-37)38-29-31-42-40-23-11-14-26-45(40)56(48(42)33-38)46-27-15-12-24-43(46)51-53-49(35-18-6-2-7-19-35)52-50(54-51)36-20-8-3-9-21-36/h1-33,51H,(H,52,53,54). The zero-order valence-electron chi connectivity index (χ0n) is 30.4. The van der Waals surface area contributed by atoms with Crippen LogP contribution in [0.25, 0.3) is 66.1 Å². The Bertz CT molecular complexity index is 3150. The lowest BCUT2D eigenvalue weighted by molar-refractivity contribution is 0.670. The van der Waals surface area contributed by atoms with Gasteiger partial charge in [0.25, 0.3) is 0 Å². The van der Waals surface area contributed by atoms with Crippen LogP contribution >= 0.6 is 0 Å². The quantitative estimate of drug-likeness (QED) is 0.183. The Morgan fingerprint density at radius 3 is 1.64 bits per heavy atom. The smallest absolute Gasteiger partial charge is 0.159 e. The van der Waals surface area contributed by atoms with Gasteiger partial charge in [-0.15, -0.1) is 0 Å². The molecule has 264 valence electrons. The van der Waals surface area contributed by atoms with Gasteiger partial charge in [0.15, 0.2) is 5.84 Å². The van der Waals surface area contributed by atoms with Crippen LogP contribution < -0.4 is 5.32 Å². The first-order valence-corrected chi connectivity index (χ1v) is 19.0. The van der Waals surface area contributed by atoms with Crippen molar-refractivity contribution in [3.05, 3.63) is 217 Å². The molecule has 1 atom stereocenters. The van der Waals surface area contributed by atoms with Crippen molar-refractivity contribution in [2.45, 2.75) is 6.17 Å². The second-order valence-corrected chi connectivity index (χ2v) is 14.3. The van der Waals surface area contributed by atoms with Crippen molar-refractivity contribution in [1.82, 2.24) is 14.5 Å². The normalized spacial score (nSPS) is 14.2. The van der Waals surface area contributed by atoms with E-state index >= 15 is 0 Å². The highest BCUT2D eigenvalue weighted by Gasteiger charge is 2.25. The van der Waals surface area contributed by atoms with Gasteiger partial charge in [-0.2, -0.15) is 0 Å². The van der Waals surface area contributed by atoms with Gasteiger partial charge in [0.2, 0.25) is 0 Å². The summed E-state index contributed by atoms with van der Waals surface area (Å²) in [5.74, 6) is 1.50. The van der Waals surface area contributed by atoms with E-state index in [1.54, 1.807) is 0 Å². The number of amidine groups is 2. The average Bonchev–Trinajstić information content (AvgIpc) is 3.79. The Hall–Kier alpha value is -7.50. The number of rotatable bonds is 6. The summed E-state index contributed by atoms with van der Waals surface area (Å²) in [5.41, 5.74) is 12.2. The van der Waals surface area contributed by atoms with Gasteiger partial charge in [-0.05, 0) is 47.5 Å². The monoisotopic (exact) mass is 717 g/mol. The summed E-state index contributed by atoms with van der Waals surface area (Å²) in [4.78, 5) is 10.3. The van der Waals surface area contributed by atoms with Crippen LogP contribution in [0.2, 0.25) is 0 Å². The summed E-state index contributed by atoms with van der Waals surface area (Å²) >= 11 is 0. The van der Waals surface area contributed by atoms with Gasteiger partial charge < -0.3 is 14.5 Å². The highest BCUT2D eigenvalue weighted by Crippen LogP contribution is 2.39. The average molecular weight is 718 g/mol. The lowest BCUT2D eigenvalue weighted by Crippen LogP contribution is -2.34. The summed E-state index contributed by atoms with van der Waals surface area (Å²) in [6.07, 6.45) is -0.387. The molecule has 11 rings (SSSR count). The SMILES string of the molecule is c1ccc(C2=NC(c3ccccc3-n3c4ccccc4c4ccc(-n5c6ccccc6c6ccc(-c7ccccc7)cc65)cc43)NC(c3ccccc3)=N2)cc1. The second-order valence-electron chi connectivity index (χ2n) is 14.3. The Kier molecular flexibility index (Phi) is 7.49. The van der Waals surface area contributed by atoms with E-state index in [1.807, 2.05) is 36.4 Å². The number of nitrogens with zero attached hydrogens (tertiary/aromatic N) is 4. The summed E-state index contributed by atoms with van der Waals surface area (Å²) in [6, 6.07) is 71.0. The molecule has 5 heteroatoms. The van der Waals surface area contributed by atoms with Crippen molar-refractivity contribution in [1.29, 1.82) is 0 Å². The molecule has 8 aromatic carbocycles. The predicted octanol–water partition coefficient (Wildman–Crippen LogP) is 12.0. The number of fused-ring (bicyclic) bond motifs is 6. The molecule has 3 heterocycles. The number of aromatic nitrogens is 2. The van der Waals surface area contributed by atoms with Crippen LogP contribution in [0, 0.1) is 0 Å². The Morgan fingerprint density at radius 2 is 0.929 bits per heavy atom. The van der Waals surface area contributed by atoms with Gasteiger partial charge in [0.05, 0.1) is 27.8 Å². The molecule has 0 saturated heterocycles. The van der Waals surface area contributed by atoms with Crippen molar-refractivity contribution < 1.29 is 0 Å². The minimum absolute atomic E-state index is 0.387. The fourth-order valence-electron chi connectivity index (χ4n) is 8.41. The number of nitrogens with one attached hydrogen (secondary N) is 1. The molecule has 1 N–H and O–H groups in total. The Labute approximate surface area is 324 Å². The van der Waals surface area contributed by atoms with Crippen LogP contribution in [0.1, 0.15) is 22.9 Å². The zero-order valence-corrected chi connectivity index (χ0v) is 30.4. The highest BCUT2D eigenvalue weighted by atomic mass is 15.2. The number of hydrogen-bond donors (Lipinski definition) is 1. The first kappa shape index (κ1) is 32.0. The molecule has 0 amide bonds. The van der Waals surface area contributed by atoms with Crippen molar-refractivity contribution in [3.8, 4) is 22.5 Å². The highest BCUT2D eigenvalue weighted by molar-refractivity contribution is 6.14. The van der Waals surface area contributed by atoms with E-state index in [-0.39, 0.29) is 6.17 Å². The van der Waals surface area contributed by atoms with Crippen LogP contribution in [0.3, 0.4) is 0 Å². The third-order valence-corrected chi connectivity index (χ3v) is 11.0. The van der Waals surface area contributed by atoms with Crippen molar-refractivity contribution in [2.75, 3.05) is 0 Å². The number of benzene rings is 8. The molecule has 0 fully saturated rings. The molecule has 1 aliphatic heterocycles. The van der Waals surface area contributed by atoms with Crippen LogP contribution in [-0.2, 0) is 0 Å². The largest absolute Gasteiger partial charge is 0.344 e. The van der Waals surface area contributed by atoms with Gasteiger partial charge in [0.1, 0.15) is 12.0 Å². The van der Waals surface area contributed by atoms with Crippen molar-refractivity contribution in [3.63, 3.8) is 0 Å². The second kappa shape index (κ2) is 13.1. The molecule has 0 spiro atoms. The third kappa shape index (κ3) is 5.24. The van der Waals surface area contributed by atoms with Gasteiger partial charge >= 0.3 is 0 Å². The lowest BCUT2D eigenvalue weighted by atomic mass is 10.0. The maximum atomic E-state index is 5.29. The molecule has 2 aromatic heterocycles. The van der Waals surface area contributed by atoms with E-state index in [2.05, 4.69) is 178 Å². The molecule has 0 radical (unpaired) electrons. The topological polar surface area (TPSA) is 46.6 Å². The van der Waals surface area contributed by atoms with Crippen LogP contribution in [0.15, 0.2) is 210 Å². The first-order valence-electron chi connectivity index (χ1n) is 19.0. The summed E-state index contributed by atoms with van der Waals surface area (Å²) in [6.45, 7) is 0. The van der Waals surface area contributed by atoms with Crippen LogP contribution in [-0.4, -0.2) is 20.8 Å². The summed E-state index contributed by atoms with van der Waals surface area (Å²) in [5, 5.41) is 8.59. The lowest BCUT2D eigenvalue weighted by Gasteiger charge is -2.26. The molecule has 0 aliphatic carbocycles. The molecule has 0 bridgehead atoms. The van der Waals surface area contributed by atoms with E-state index in [0.717, 1.165) is 44.9 Å². The molecular formula is C51H35N5.